The number of rotatable bonds is 12. The Morgan fingerprint density at radius 1 is 1.00 bits per heavy atom. The van der Waals surface area contributed by atoms with E-state index in [1.54, 1.807) is 54.6 Å². The van der Waals surface area contributed by atoms with E-state index in [-0.39, 0.29) is 10.4 Å². The van der Waals surface area contributed by atoms with Gasteiger partial charge in [-0.3, -0.25) is 4.72 Å². The van der Waals surface area contributed by atoms with Crippen molar-refractivity contribution in [2.75, 3.05) is 30.3 Å². The topological polar surface area (TPSA) is 99.5 Å². The molecule has 4 rings (SSSR count). The molecule has 1 unspecified atom stereocenters. The molecule has 0 saturated carbocycles. The summed E-state index contributed by atoms with van der Waals surface area (Å²) in [5.74, 6) is 0. The lowest BCUT2D eigenvalue weighted by molar-refractivity contribution is 0.158. The smallest absolute Gasteiger partial charge is 0.261 e. The molecular weight excluding hydrogens is 510 g/mol. The Hall–Kier alpha value is -3.66. The highest BCUT2D eigenvalue weighted by Gasteiger charge is 2.20. The molecule has 0 amide bonds. The maximum absolute atomic E-state index is 12.7. The molecular formula is C30H37N5O3S. The van der Waals surface area contributed by atoms with Gasteiger partial charge in [0, 0.05) is 55.9 Å². The highest BCUT2D eigenvalue weighted by Crippen LogP contribution is 2.23. The largest absolute Gasteiger partial charge is 0.387 e. The van der Waals surface area contributed by atoms with Gasteiger partial charge in [-0.05, 0) is 62.2 Å². The molecule has 0 radical (unpaired) electrons. The van der Waals surface area contributed by atoms with Crippen LogP contribution in [0.15, 0.2) is 96.3 Å². The number of nitrogens with zero attached hydrogens (tertiary/aromatic N) is 3. The quantitative estimate of drug-likeness (QED) is 0.233. The first-order valence-electron chi connectivity index (χ1n) is 12.9. The lowest BCUT2D eigenvalue weighted by Crippen LogP contribution is -2.42. The van der Waals surface area contributed by atoms with Crippen molar-refractivity contribution < 1.29 is 13.5 Å². The zero-order valence-electron chi connectivity index (χ0n) is 22.9. The predicted octanol–water partition coefficient (Wildman–Crippen LogP) is 4.91. The minimum atomic E-state index is -3.70. The number of nitrogens with one attached hydrogen (secondary N) is 2. The van der Waals surface area contributed by atoms with Gasteiger partial charge in [-0.15, -0.1) is 0 Å². The Morgan fingerprint density at radius 3 is 2.41 bits per heavy atom. The van der Waals surface area contributed by atoms with Crippen molar-refractivity contribution in [1.29, 1.82) is 0 Å². The number of β-amino-alcohol motifs (C(OH)–C–C–N with tert-alkyl or cyclic N) is 1. The minimum absolute atomic E-state index is 0.187. The van der Waals surface area contributed by atoms with Crippen molar-refractivity contribution in [3.63, 3.8) is 0 Å². The maximum Gasteiger partial charge on any atom is 0.261 e. The molecule has 3 aromatic carbocycles. The first-order valence-corrected chi connectivity index (χ1v) is 14.4. The molecule has 8 nitrogen and oxygen atoms in total. The summed E-state index contributed by atoms with van der Waals surface area (Å²) in [5.41, 5.74) is 3.95. The highest BCUT2D eigenvalue weighted by atomic mass is 32.2. The van der Waals surface area contributed by atoms with Crippen molar-refractivity contribution >= 4 is 21.4 Å². The molecule has 3 N–H and O–H groups in total. The molecule has 9 heteroatoms. The number of hydrogen-bond donors (Lipinski definition) is 3. The predicted molar refractivity (Wildman–Crippen MR) is 157 cm³/mol. The number of benzene rings is 3. The standard InChI is InChI=1S/C30H37N5O3S/c1-30(2,17-18-35-21-28(31-22-35)23-13-15-26(16-14-23)34(3)4)32-20-29(36)24-9-8-10-25(19-24)33-39(37,38)27-11-6-5-7-12-27/h5-16,19,21-22,29,32-33,36H,17-18,20H2,1-4H3. The second-order valence-electron chi connectivity index (χ2n) is 10.5. The number of hydrogen-bond acceptors (Lipinski definition) is 6. The Labute approximate surface area is 231 Å². The van der Waals surface area contributed by atoms with Crippen LogP contribution in [0, 0.1) is 0 Å². The van der Waals surface area contributed by atoms with Crippen LogP contribution in [0.25, 0.3) is 11.3 Å². The zero-order valence-corrected chi connectivity index (χ0v) is 23.7. The lowest BCUT2D eigenvalue weighted by Gasteiger charge is -2.28. The van der Waals surface area contributed by atoms with Crippen LogP contribution in [0.3, 0.4) is 0 Å². The van der Waals surface area contributed by atoms with Gasteiger partial charge in [-0.2, -0.15) is 0 Å². The van der Waals surface area contributed by atoms with E-state index in [1.165, 1.54) is 0 Å². The first kappa shape index (κ1) is 28.4. The Bertz CT molecular complexity index is 1470. The number of aliphatic hydroxyl groups is 1. The normalized spacial score (nSPS) is 12.7. The van der Waals surface area contributed by atoms with Gasteiger partial charge in [0.25, 0.3) is 10.0 Å². The Kier molecular flexibility index (Phi) is 8.74. The van der Waals surface area contributed by atoms with Gasteiger partial charge in [0.2, 0.25) is 0 Å². The van der Waals surface area contributed by atoms with Gasteiger partial charge in [0.1, 0.15) is 0 Å². The molecule has 1 aromatic heterocycles. The van der Waals surface area contributed by atoms with E-state index >= 15 is 0 Å². The second-order valence-corrected chi connectivity index (χ2v) is 12.2. The number of aryl methyl sites for hydroxylation is 1. The van der Waals surface area contributed by atoms with E-state index in [2.05, 4.69) is 68.8 Å². The van der Waals surface area contributed by atoms with E-state index in [4.69, 9.17) is 0 Å². The Morgan fingerprint density at radius 2 is 1.72 bits per heavy atom. The molecule has 0 fully saturated rings. The summed E-state index contributed by atoms with van der Waals surface area (Å²) in [5, 5.41) is 14.3. The van der Waals surface area contributed by atoms with Crippen LogP contribution in [-0.2, 0) is 16.6 Å². The van der Waals surface area contributed by atoms with Crippen molar-refractivity contribution in [1.82, 2.24) is 14.9 Å². The Balaban J connectivity index is 1.31. The summed E-state index contributed by atoms with van der Waals surface area (Å²) in [6, 6.07) is 23.4. The SMILES string of the molecule is CN(C)c1ccc(-c2cn(CCC(C)(C)NCC(O)c3cccc(NS(=O)(=O)c4ccccc4)c3)cn2)cc1. The van der Waals surface area contributed by atoms with Gasteiger partial charge < -0.3 is 19.9 Å². The van der Waals surface area contributed by atoms with Gasteiger partial charge in [0.05, 0.1) is 23.0 Å². The van der Waals surface area contributed by atoms with E-state index < -0.39 is 16.1 Å². The van der Waals surface area contributed by atoms with Crippen LogP contribution in [0.1, 0.15) is 31.9 Å². The van der Waals surface area contributed by atoms with Crippen molar-refractivity contribution in [3.05, 3.63) is 97.0 Å². The summed E-state index contributed by atoms with van der Waals surface area (Å²) < 4.78 is 30.0. The fraction of sp³-hybridized carbons (Fsp3) is 0.300. The molecule has 39 heavy (non-hydrogen) atoms. The molecule has 0 aliphatic heterocycles. The summed E-state index contributed by atoms with van der Waals surface area (Å²) in [7, 11) is 0.338. The average Bonchev–Trinajstić information content (AvgIpc) is 3.40. The zero-order chi connectivity index (χ0) is 28.0. The van der Waals surface area contributed by atoms with Crippen molar-refractivity contribution in [3.8, 4) is 11.3 Å². The summed E-state index contributed by atoms with van der Waals surface area (Å²) in [6.45, 7) is 5.30. The molecule has 206 valence electrons. The number of aliphatic hydroxyl groups excluding tert-OH is 1. The first-order chi connectivity index (χ1) is 18.5. The van der Waals surface area contributed by atoms with Crippen LogP contribution >= 0.6 is 0 Å². The number of aromatic nitrogens is 2. The third kappa shape index (κ3) is 7.69. The second kappa shape index (κ2) is 12.0. The number of anilines is 2. The van der Waals surface area contributed by atoms with E-state index in [9.17, 15) is 13.5 Å². The molecule has 1 atom stereocenters. The summed E-state index contributed by atoms with van der Waals surface area (Å²) >= 11 is 0. The van der Waals surface area contributed by atoms with E-state index in [1.807, 2.05) is 20.4 Å². The minimum Gasteiger partial charge on any atom is -0.387 e. The molecule has 0 aliphatic carbocycles. The molecule has 0 saturated heterocycles. The average molecular weight is 548 g/mol. The molecule has 1 heterocycles. The molecule has 0 bridgehead atoms. The lowest BCUT2D eigenvalue weighted by atomic mass is 9.99. The van der Waals surface area contributed by atoms with Crippen molar-refractivity contribution in [2.24, 2.45) is 0 Å². The van der Waals surface area contributed by atoms with Gasteiger partial charge in [-0.25, -0.2) is 13.4 Å². The van der Waals surface area contributed by atoms with E-state index in [0.717, 1.165) is 29.9 Å². The maximum atomic E-state index is 12.7. The fourth-order valence-corrected chi connectivity index (χ4v) is 5.24. The van der Waals surface area contributed by atoms with E-state index in [0.29, 0.717) is 17.8 Å². The van der Waals surface area contributed by atoms with Crippen LogP contribution in [-0.4, -0.2) is 49.3 Å². The number of sulfonamides is 1. The third-order valence-electron chi connectivity index (χ3n) is 6.66. The van der Waals surface area contributed by atoms with Crippen molar-refractivity contribution in [2.45, 2.75) is 43.4 Å². The van der Waals surface area contributed by atoms with Crippen LogP contribution in [0.4, 0.5) is 11.4 Å². The van der Waals surface area contributed by atoms with Gasteiger partial charge in [0.15, 0.2) is 0 Å². The van der Waals surface area contributed by atoms with Gasteiger partial charge >= 0.3 is 0 Å². The van der Waals surface area contributed by atoms with Crippen LogP contribution in [0.2, 0.25) is 0 Å². The van der Waals surface area contributed by atoms with Crippen LogP contribution < -0.4 is 14.9 Å². The third-order valence-corrected chi connectivity index (χ3v) is 8.06. The van der Waals surface area contributed by atoms with Gasteiger partial charge in [-0.1, -0.05) is 42.5 Å². The summed E-state index contributed by atoms with van der Waals surface area (Å²) in [4.78, 5) is 6.82. The van der Waals surface area contributed by atoms with Crippen LogP contribution in [0.5, 0.6) is 0 Å². The highest BCUT2D eigenvalue weighted by molar-refractivity contribution is 7.92. The molecule has 4 aromatic rings. The molecule has 0 spiro atoms. The summed E-state index contributed by atoms with van der Waals surface area (Å²) in [6.07, 6.45) is 3.93. The fourth-order valence-electron chi connectivity index (χ4n) is 4.17. The molecule has 0 aliphatic rings. The monoisotopic (exact) mass is 547 g/mol. The number of imidazole rings is 1.